The van der Waals surface area contributed by atoms with Crippen molar-refractivity contribution in [2.75, 3.05) is 17.2 Å². The molecule has 0 unspecified atom stereocenters. The Morgan fingerprint density at radius 1 is 0.940 bits per heavy atom. The number of rotatable bonds is 14. The van der Waals surface area contributed by atoms with Crippen molar-refractivity contribution in [3.8, 4) is 0 Å². The summed E-state index contributed by atoms with van der Waals surface area (Å²) in [6.45, 7) is 2.94. The van der Waals surface area contributed by atoms with Gasteiger partial charge in [0.1, 0.15) is 0 Å². The number of aryl methyl sites for hydroxylation is 1. The summed E-state index contributed by atoms with van der Waals surface area (Å²) in [7, 11) is 0. The number of nitrogens with one attached hydrogen (secondary N) is 2. The molecule has 50 heavy (non-hydrogen) atoms. The van der Waals surface area contributed by atoms with Crippen molar-refractivity contribution in [1.29, 1.82) is 0 Å². The van der Waals surface area contributed by atoms with Crippen LogP contribution in [0, 0.1) is 0 Å². The second kappa shape index (κ2) is 15.0. The van der Waals surface area contributed by atoms with E-state index >= 15 is 0 Å². The largest absolute Gasteiger partial charge is 0.457 e. The fraction of sp³-hybridized carbons (Fsp3) is 0.400. The van der Waals surface area contributed by atoms with Crippen LogP contribution in [0.15, 0.2) is 71.5 Å². The number of aromatic nitrogens is 6. The molecular weight excluding hydrogens is 642 g/mol. The average molecular weight is 682 g/mol. The molecule has 260 valence electrons. The van der Waals surface area contributed by atoms with E-state index in [1.807, 2.05) is 43.3 Å². The summed E-state index contributed by atoms with van der Waals surface area (Å²) in [5.41, 5.74) is 9.35. The van der Waals surface area contributed by atoms with Crippen LogP contribution in [0.3, 0.4) is 0 Å². The van der Waals surface area contributed by atoms with E-state index in [1.165, 1.54) is 6.33 Å². The smallest absolute Gasteiger partial charge is 0.293 e. The van der Waals surface area contributed by atoms with Crippen LogP contribution in [0.2, 0.25) is 0 Å². The molecule has 5 aromatic rings. The molecule has 15 nitrogen and oxygen atoms in total. The van der Waals surface area contributed by atoms with Crippen LogP contribution in [0.25, 0.3) is 11.2 Å². The lowest BCUT2D eigenvalue weighted by atomic mass is 9.91. The topological polar surface area (TPSA) is 194 Å². The number of imidazole rings is 1. The molecule has 15 heteroatoms. The third-order valence-corrected chi connectivity index (χ3v) is 9.34. The number of anilines is 2. The summed E-state index contributed by atoms with van der Waals surface area (Å²) >= 11 is 0. The predicted octanol–water partition coefficient (Wildman–Crippen LogP) is 4.05. The van der Waals surface area contributed by atoms with Crippen LogP contribution in [0.1, 0.15) is 73.7 Å². The molecule has 2 aromatic carbocycles. The first-order valence-corrected chi connectivity index (χ1v) is 16.8. The molecule has 4 atom stereocenters. The van der Waals surface area contributed by atoms with Crippen molar-refractivity contribution in [3.63, 3.8) is 0 Å². The molecule has 2 aliphatic rings. The third kappa shape index (κ3) is 6.87. The maximum absolute atomic E-state index is 11.8. The van der Waals surface area contributed by atoms with E-state index in [0.717, 1.165) is 36.8 Å². The number of ether oxygens (including phenoxy) is 3. The molecule has 1 saturated heterocycles. The minimum Gasteiger partial charge on any atom is -0.457 e. The third-order valence-electron chi connectivity index (χ3n) is 9.34. The number of carbonyl (C=O) groups excluding carboxylic acids is 2. The summed E-state index contributed by atoms with van der Waals surface area (Å²) in [6, 6.07) is 20.8. The first kappa shape index (κ1) is 33.1. The van der Waals surface area contributed by atoms with Gasteiger partial charge in [-0.3, -0.25) is 14.2 Å². The van der Waals surface area contributed by atoms with Gasteiger partial charge in [-0.2, -0.15) is 15.0 Å². The Hall–Kier alpha value is -5.41. The maximum atomic E-state index is 11.8. The molecule has 2 fully saturated rings. The maximum Gasteiger partial charge on any atom is 0.293 e. The molecule has 1 aliphatic heterocycles. The first-order valence-electron chi connectivity index (χ1n) is 16.8. The van der Waals surface area contributed by atoms with Gasteiger partial charge < -0.3 is 35.1 Å². The molecule has 4 heterocycles. The van der Waals surface area contributed by atoms with Crippen molar-refractivity contribution < 1.29 is 28.3 Å². The molecule has 3 aromatic heterocycles. The fourth-order valence-electron chi connectivity index (χ4n) is 6.74. The number of nitrogens with zero attached hydrogens (tertiary/aromatic N) is 6. The summed E-state index contributed by atoms with van der Waals surface area (Å²) in [6.07, 6.45) is 1.37. The quantitative estimate of drug-likeness (QED) is 0.142. The summed E-state index contributed by atoms with van der Waals surface area (Å²) in [5, 5.41) is 11.0. The standard InChI is InChI=1S/C35H39N9O6/c1-2-26-40-33(50-43-26)29-28(47-19-45)30(48-20-46)34(49-29)44-18-38-27-31(41-35(42-32(27)44)39-24-15-13-23(36)14-16-24)37-17-25(21-9-5-3-6-10-21)22-11-7-4-8-12-22/h3-12,18-20,23-25,28-30,34H,2,13-17,36H2,1H3,(H2,37,39,41,42)/t23?,24?,28-,29+,30-,34-/m1/s1. The lowest BCUT2D eigenvalue weighted by Crippen LogP contribution is -2.34. The van der Waals surface area contributed by atoms with Crippen LogP contribution in [0.5, 0.6) is 0 Å². The molecule has 0 spiro atoms. The van der Waals surface area contributed by atoms with Crippen LogP contribution in [-0.2, 0) is 30.2 Å². The van der Waals surface area contributed by atoms with Gasteiger partial charge in [0.05, 0.1) is 6.33 Å². The van der Waals surface area contributed by atoms with E-state index in [2.05, 4.69) is 45.0 Å². The number of benzene rings is 2. The molecular formula is C35H39N9O6. The summed E-state index contributed by atoms with van der Waals surface area (Å²) in [5.74, 6) is 1.44. The van der Waals surface area contributed by atoms with Crippen molar-refractivity contribution in [2.24, 2.45) is 5.73 Å². The highest BCUT2D eigenvalue weighted by molar-refractivity contribution is 5.84. The normalized spacial score (nSPS) is 23.5. The second-order valence-electron chi connectivity index (χ2n) is 12.5. The van der Waals surface area contributed by atoms with Crippen molar-refractivity contribution in [1.82, 2.24) is 29.7 Å². The zero-order valence-electron chi connectivity index (χ0n) is 27.5. The van der Waals surface area contributed by atoms with E-state index in [1.54, 1.807) is 4.57 Å². The van der Waals surface area contributed by atoms with Gasteiger partial charge in [0.2, 0.25) is 5.95 Å². The highest BCUT2D eigenvalue weighted by Crippen LogP contribution is 2.42. The summed E-state index contributed by atoms with van der Waals surface area (Å²) in [4.78, 5) is 42.3. The average Bonchev–Trinajstić information content (AvgIpc) is 3.88. The minimum atomic E-state index is -1.10. The van der Waals surface area contributed by atoms with Crippen LogP contribution < -0.4 is 16.4 Å². The minimum absolute atomic E-state index is 0.00806. The fourth-order valence-corrected chi connectivity index (χ4v) is 6.74. The monoisotopic (exact) mass is 681 g/mol. The Kier molecular flexibility index (Phi) is 9.93. The van der Waals surface area contributed by atoms with Gasteiger partial charge in [-0.05, 0) is 36.8 Å². The highest BCUT2D eigenvalue weighted by atomic mass is 16.6. The van der Waals surface area contributed by atoms with Crippen LogP contribution in [0.4, 0.5) is 11.8 Å². The lowest BCUT2D eigenvalue weighted by Gasteiger charge is -2.27. The lowest BCUT2D eigenvalue weighted by molar-refractivity contribution is -0.151. The number of fused-ring (bicyclic) bond motifs is 1. The Bertz CT molecular complexity index is 1840. The molecule has 0 radical (unpaired) electrons. The Labute approximate surface area is 287 Å². The summed E-state index contributed by atoms with van der Waals surface area (Å²) < 4.78 is 24.4. The molecule has 4 N–H and O–H groups in total. The van der Waals surface area contributed by atoms with E-state index in [4.69, 9.17) is 39.4 Å². The number of carbonyl (C=O) groups is 2. The Balaban J connectivity index is 1.27. The first-order chi connectivity index (χ1) is 24.6. The van der Waals surface area contributed by atoms with Gasteiger partial charge in [0, 0.05) is 31.0 Å². The van der Waals surface area contributed by atoms with Gasteiger partial charge in [-0.15, -0.1) is 0 Å². The van der Waals surface area contributed by atoms with Crippen molar-refractivity contribution in [3.05, 3.63) is 89.8 Å². The van der Waals surface area contributed by atoms with Crippen LogP contribution in [-0.4, -0.2) is 73.4 Å². The molecule has 1 aliphatic carbocycles. The van der Waals surface area contributed by atoms with Gasteiger partial charge >= 0.3 is 0 Å². The molecule has 0 amide bonds. The second-order valence-corrected chi connectivity index (χ2v) is 12.5. The predicted molar refractivity (Wildman–Crippen MR) is 181 cm³/mol. The zero-order valence-corrected chi connectivity index (χ0v) is 27.5. The number of hydrogen-bond acceptors (Lipinski definition) is 14. The van der Waals surface area contributed by atoms with Crippen molar-refractivity contribution in [2.45, 2.75) is 81.6 Å². The molecule has 0 bridgehead atoms. The van der Waals surface area contributed by atoms with Gasteiger partial charge in [-0.25, -0.2) is 4.98 Å². The van der Waals surface area contributed by atoms with Gasteiger partial charge in [0.15, 0.2) is 47.3 Å². The Morgan fingerprint density at radius 3 is 2.26 bits per heavy atom. The van der Waals surface area contributed by atoms with Crippen molar-refractivity contribution >= 4 is 35.9 Å². The molecule has 1 saturated carbocycles. The number of nitrogens with two attached hydrogens (primary N) is 1. The van der Waals surface area contributed by atoms with E-state index in [-0.39, 0.29) is 36.8 Å². The van der Waals surface area contributed by atoms with Gasteiger partial charge in [0.25, 0.3) is 18.8 Å². The highest BCUT2D eigenvalue weighted by Gasteiger charge is 2.52. The Morgan fingerprint density at radius 2 is 1.62 bits per heavy atom. The zero-order chi connectivity index (χ0) is 34.5. The van der Waals surface area contributed by atoms with Gasteiger partial charge in [-0.1, -0.05) is 72.7 Å². The SMILES string of the molecule is CCc1noc([C@H]2O[C@@H](n3cnc4c(NCC(c5ccccc5)c5ccccc5)nc(NC5CCC(N)CC5)nc43)[C@H](OC=O)[C@@H]2OC=O)n1. The number of hydrogen-bond donors (Lipinski definition) is 3. The van der Waals surface area contributed by atoms with Crippen LogP contribution >= 0.6 is 0 Å². The van der Waals surface area contributed by atoms with E-state index in [9.17, 15) is 9.59 Å². The van der Waals surface area contributed by atoms with E-state index < -0.39 is 24.5 Å². The van der Waals surface area contributed by atoms with E-state index in [0.29, 0.717) is 41.7 Å². The molecule has 7 rings (SSSR count).